The third-order valence-electron chi connectivity index (χ3n) is 1.67. The number of urea groups is 1. The molecule has 3 amide bonds. The summed E-state index contributed by atoms with van der Waals surface area (Å²) in [5.41, 5.74) is 4.74. The Labute approximate surface area is 76.7 Å². The summed E-state index contributed by atoms with van der Waals surface area (Å²) >= 11 is 0. The SMILES string of the molecule is CC(CO)N(C)CC(=O)NC(N)=O. The van der Waals surface area contributed by atoms with Crippen LogP contribution in [0, 0.1) is 0 Å². The van der Waals surface area contributed by atoms with Crippen molar-refractivity contribution in [3.63, 3.8) is 0 Å². The van der Waals surface area contributed by atoms with E-state index in [1.54, 1.807) is 18.9 Å². The average Bonchev–Trinajstić information content (AvgIpc) is 2.01. The predicted octanol–water partition coefficient (Wildman–Crippen LogP) is -1.51. The van der Waals surface area contributed by atoms with E-state index in [4.69, 9.17) is 10.8 Å². The van der Waals surface area contributed by atoms with Crippen molar-refractivity contribution in [3.8, 4) is 0 Å². The molecule has 0 heterocycles. The Kier molecular flexibility index (Phi) is 5.01. The molecule has 0 aromatic carbocycles. The number of nitrogens with one attached hydrogen (secondary N) is 1. The van der Waals surface area contributed by atoms with Gasteiger partial charge in [-0.25, -0.2) is 4.79 Å². The molecule has 0 spiro atoms. The molecule has 4 N–H and O–H groups in total. The Balaban J connectivity index is 3.84. The lowest BCUT2D eigenvalue weighted by molar-refractivity contribution is -0.121. The molecule has 0 aliphatic carbocycles. The molecule has 13 heavy (non-hydrogen) atoms. The topological polar surface area (TPSA) is 95.7 Å². The molecule has 0 radical (unpaired) electrons. The standard InChI is InChI=1S/C7H15N3O3/c1-5(4-11)10(2)3-6(12)9-7(8)13/h5,11H,3-4H2,1-2H3,(H3,8,9,12,13). The van der Waals surface area contributed by atoms with Crippen molar-refractivity contribution >= 4 is 11.9 Å². The first-order valence-electron chi connectivity index (χ1n) is 3.87. The molecule has 0 aliphatic rings. The van der Waals surface area contributed by atoms with Crippen LogP contribution in [0.3, 0.4) is 0 Å². The van der Waals surface area contributed by atoms with Gasteiger partial charge in [0.15, 0.2) is 0 Å². The van der Waals surface area contributed by atoms with Crippen molar-refractivity contribution in [2.45, 2.75) is 13.0 Å². The van der Waals surface area contributed by atoms with Crippen molar-refractivity contribution in [1.82, 2.24) is 10.2 Å². The van der Waals surface area contributed by atoms with E-state index in [9.17, 15) is 9.59 Å². The summed E-state index contributed by atoms with van der Waals surface area (Å²) in [4.78, 5) is 22.8. The van der Waals surface area contributed by atoms with E-state index in [-0.39, 0.29) is 19.2 Å². The minimum atomic E-state index is -0.866. The maximum atomic E-state index is 10.9. The first-order valence-corrected chi connectivity index (χ1v) is 3.87. The third kappa shape index (κ3) is 5.15. The fourth-order valence-electron chi connectivity index (χ4n) is 0.699. The molecule has 0 aromatic heterocycles. The van der Waals surface area contributed by atoms with Crippen molar-refractivity contribution in [2.75, 3.05) is 20.2 Å². The summed E-state index contributed by atoms with van der Waals surface area (Å²) in [6, 6.07) is -0.992. The van der Waals surface area contributed by atoms with Crippen LogP contribution in [-0.2, 0) is 4.79 Å². The number of carbonyl (C=O) groups excluding carboxylic acids is 2. The molecule has 76 valence electrons. The Hall–Kier alpha value is -1.14. The van der Waals surface area contributed by atoms with Crippen LogP contribution in [0.4, 0.5) is 4.79 Å². The highest BCUT2D eigenvalue weighted by Crippen LogP contribution is 1.92. The van der Waals surface area contributed by atoms with Crippen LogP contribution in [0.15, 0.2) is 0 Å². The van der Waals surface area contributed by atoms with Crippen molar-refractivity contribution < 1.29 is 14.7 Å². The lowest BCUT2D eigenvalue weighted by Crippen LogP contribution is -2.44. The monoisotopic (exact) mass is 189 g/mol. The number of hydrogen-bond donors (Lipinski definition) is 3. The van der Waals surface area contributed by atoms with Gasteiger partial charge in [-0.15, -0.1) is 0 Å². The average molecular weight is 189 g/mol. The quantitative estimate of drug-likeness (QED) is 0.501. The molecule has 0 rings (SSSR count). The van der Waals surface area contributed by atoms with Gasteiger partial charge in [-0.2, -0.15) is 0 Å². The van der Waals surface area contributed by atoms with Gasteiger partial charge in [0.25, 0.3) is 0 Å². The molecule has 0 aliphatic heterocycles. The van der Waals surface area contributed by atoms with E-state index < -0.39 is 11.9 Å². The zero-order valence-corrected chi connectivity index (χ0v) is 7.78. The van der Waals surface area contributed by atoms with Crippen LogP contribution >= 0.6 is 0 Å². The number of rotatable bonds is 4. The van der Waals surface area contributed by atoms with Crippen molar-refractivity contribution in [1.29, 1.82) is 0 Å². The summed E-state index contributed by atoms with van der Waals surface area (Å²) in [5, 5.41) is 10.7. The van der Waals surface area contributed by atoms with Crippen LogP contribution in [0.25, 0.3) is 0 Å². The number of aliphatic hydroxyl groups is 1. The highest BCUT2D eigenvalue weighted by atomic mass is 16.3. The van der Waals surface area contributed by atoms with Crippen LogP contribution in [-0.4, -0.2) is 48.2 Å². The molecule has 6 nitrogen and oxygen atoms in total. The molecule has 1 atom stereocenters. The summed E-state index contributed by atoms with van der Waals surface area (Å²) in [5.74, 6) is -0.477. The highest BCUT2D eigenvalue weighted by Gasteiger charge is 2.12. The molecule has 0 fully saturated rings. The minimum Gasteiger partial charge on any atom is -0.395 e. The van der Waals surface area contributed by atoms with Gasteiger partial charge in [0.05, 0.1) is 13.2 Å². The fourth-order valence-corrected chi connectivity index (χ4v) is 0.699. The summed E-state index contributed by atoms with van der Waals surface area (Å²) in [7, 11) is 1.67. The molecule has 0 bridgehead atoms. The number of aliphatic hydroxyl groups excluding tert-OH is 1. The smallest absolute Gasteiger partial charge is 0.318 e. The van der Waals surface area contributed by atoms with Crippen LogP contribution < -0.4 is 11.1 Å². The van der Waals surface area contributed by atoms with E-state index in [1.165, 1.54) is 0 Å². The van der Waals surface area contributed by atoms with Crippen LogP contribution in [0.2, 0.25) is 0 Å². The summed E-state index contributed by atoms with van der Waals surface area (Å²) in [6.45, 7) is 1.75. The number of likely N-dealkylation sites (N-methyl/N-ethyl adjacent to an activating group) is 1. The molecular formula is C7H15N3O3. The number of imide groups is 1. The number of carbonyl (C=O) groups is 2. The second-order valence-electron chi connectivity index (χ2n) is 2.86. The number of nitrogens with two attached hydrogens (primary N) is 1. The Morgan fingerprint density at radius 1 is 1.62 bits per heavy atom. The number of hydrogen-bond acceptors (Lipinski definition) is 4. The van der Waals surface area contributed by atoms with Gasteiger partial charge in [0.1, 0.15) is 0 Å². The molecule has 0 saturated heterocycles. The molecule has 6 heteroatoms. The summed E-state index contributed by atoms with van der Waals surface area (Å²) in [6.07, 6.45) is 0. The maximum absolute atomic E-state index is 10.9. The molecule has 1 unspecified atom stereocenters. The van der Waals surface area contributed by atoms with Gasteiger partial charge in [-0.05, 0) is 14.0 Å². The number of nitrogens with zero attached hydrogens (tertiary/aromatic N) is 1. The van der Waals surface area contributed by atoms with Crippen molar-refractivity contribution in [2.24, 2.45) is 5.73 Å². The van der Waals surface area contributed by atoms with Gasteiger partial charge in [0, 0.05) is 6.04 Å². The normalized spacial score (nSPS) is 12.6. The fraction of sp³-hybridized carbons (Fsp3) is 0.714. The predicted molar refractivity (Wildman–Crippen MR) is 46.9 cm³/mol. The van der Waals surface area contributed by atoms with Crippen molar-refractivity contribution in [3.05, 3.63) is 0 Å². The second-order valence-corrected chi connectivity index (χ2v) is 2.86. The molecule has 0 saturated carbocycles. The van der Waals surface area contributed by atoms with E-state index in [0.29, 0.717) is 0 Å². The van der Waals surface area contributed by atoms with E-state index in [2.05, 4.69) is 0 Å². The minimum absolute atomic E-state index is 0.0324. The first-order chi connectivity index (χ1) is 5.97. The lowest BCUT2D eigenvalue weighted by Gasteiger charge is -2.21. The zero-order chi connectivity index (χ0) is 10.4. The van der Waals surface area contributed by atoms with Gasteiger partial charge in [0.2, 0.25) is 5.91 Å². The van der Waals surface area contributed by atoms with E-state index >= 15 is 0 Å². The van der Waals surface area contributed by atoms with Gasteiger partial charge in [-0.1, -0.05) is 0 Å². The van der Waals surface area contributed by atoms with Crippen LogP contribution in [0.5, 0.6) is 0 Å². The van der Waals surface area contributed by atoms with E-state index in [1.807, 2.05) is 5.32 Å². The van der Waals surface area contributed by atoms with Gasteiger partial charge in [-0.3, -0.25) is 15.0 Å². The third-order valence-corrected chi connectivity index (χ3v) is 1.67. The van der Waals surface area contributed by atoms with Gasteiger partial charge >= 0.3 is 6.03 Å². The number of amides is 3. The van der Waals surface area contributed by atoms with Gasteiger partial charge < -0.3 is 10.8 Å². The molecular weight excluding hydrogens is 174 g/mol. The zero-order valence-electron chi connectivity index (χ0n) is 7.78. The molecule has 0 aromatic rings. The van der Waals surface area contributed by atoms with Crippen LogP contribution in [0.1, 0.15) is 6.92 Å². The largest absolute Gasteiger partial charge is 0.395 e. The first kappa shape index (κ1) is 11.9. The Morgan fingerprint density at radius 3 is 2.54 bits per heavy atom. The lowest BCUT2D eigenvalue weighted by atomic mass is 10.3. The highest BCUT2D eigenvalue weighted by molar-refractivity contribution is 5.94. The van der Waals surface area contributed by atoms with E-state index in [0.717, 1.165) is 0 Å². The maximum Gasteiger partial charge on any atom is 0.318 e. The Bertz CT molecular complexity index is 195. The number of primary amides is 1. The Morgan fingerprint density at radius 2 is 2.15 bits per heavy atom. The second kappa shape index (κ2) is 5.50. The summed E-state index contributed by atoms with van der Waals surface area (Å²) < 4.78 is 0.